The van der Waals surface area contributed by atoms with Gasteiger partial charge in [-0.2, -0.15) is 0 Å². The maximum absolute atomic E-state index is 12.4. The molecular weight excluding hydrogens is 416 g/mol. The molecule has 5 fully saturated rings. The zero-order chi connectivity index (χ0) is 23.0. The molecule has 4 saturated heterocycles. The molecule has 0 aromatic carbocycles. The van der Waals surface area contributed by atoms with E-state index in [0.717, 1.165) is 43.8 Å². The van der Waals surface area contributed by atoms with E-state index in [4.69, 9.17) is 4.74 Å². The maximum Gasteiger partial charge on any atom is 0.407 e. The molecule has 33 heavy (non-hydrogen) atoms. The van der Waals surface area contributed by atoms with E-state index in [1.165, 1.54) is 45.2 Å². The van der Waals surface area contributed by atoms with Gasteiger partial charge in [-0.3, -0.25) is 10.9 Å². The van der Waals surface area contributed by atoms with Gasteiger partial charge >= 0.3 is 6.09 Å². The SMILES string of the molecule is CC(C)(C)OC(=O)NC1CNCC(C2NNC3CNC4CCC(C5CCCNC5)CC4C32)C1. The van der Waals surface area contributed by atoms with Gasteiger partial charge in [0.2, 0.25) is 0 Å². The van der Waals surface area contributed by atoms with Gasteiger partial charge in [-0.1, -0.05) is 0 Å². The predicted octanol–water partition coefficient (Wildman–Crippen LogP) is 1.34. The summed E-state index contributed by atoms with van der Waals surface area (Å²) in [6, 6.07) is 1.72. The number of rotatable bonds is 3. The minimum absolute atomic E-state index is 0.115. The number of fused-ring (bicyclic) bond motifs is 3. The second kappa shape index (κ2) is 9.97. The van der Waals surface area contributed by atoms with E-state index in [2.05, 4.69) is 32.1 Å². The Morgan fingerprint density at radius 1 is 0.879 bits per heavy atom. The lowest BCUT2D eigenvalue weighted by atomic mass is 9.62. The summed E-state index contributed by atoms with van der Waals surface area (Å²) < 4.78 is 5.51. The summed E-state index contributed by atoms with van der Waals surface area (Å²) in [5.74, 6) is 3.61. The van der Waals surface area contributed by atoms with Gasteiger partial charge in [-0.15, -0.1) is 0 Å². The lowest BCUT2D eigenvalue weighted by molar-refractivity contribution is 0.0436. The second-order valence-corrected chi connectivity index (χ2v) is 12.4. The van der Waals surface area contributed by atoms with Crippen LogP contribution in [0.1, 0.15) is 59.3 Å². The number of nitrogens with one attached hydrogen (secondary N) is 6. The summed E-state index contributed by atoms with van der Waals surface area (Å²) in [6.45, 7) is 11.0. The number of carbonyl (C=O) groups is 1. The summed E-state index contributed by atoms with van der Waals surface area (Å²) in [6.07, 6.45) is 7.51. The van der Waals surface area contributed by atoms with Gasteiger partial charge in [0.15, 0.2) is 0 Å². The minimum atomic E-state index is -0.467. The summed E-state index contributed by atoms with van der Waals surface area (Å²) in [7, 11) is 0. The van der Waals surface area contributed by atoms with E-state index in [9.17, 15) is 4.79 Å². The predicted molar refractivity (Wildman–Crippen MR) is 130 cm³/mol. The van der Waals surface area contributed by atoms with Crippen molar-refractivity contribution in [3.8, 4) is 0 Å². The lowest BCUT2D eigenvalue weighted by Crippen LogP contribution is -2.60. The monoisotopic (exact) mass is 462 g/mol. The van der Waals surface area contributed by atoms with Crippen LogP contribution in [0.4, 0.5) is 4.79 Å². The van der Waals surface area contributed by atoms with E-state index in [0.29, 0.717) is 30.0 Å². The van der Waals surface area contributed by atoms with Crippen LogP contribution in [-0.4, -0.2) is 68.6 Å². The van der Waals surface area contributed by atoms with E-state index in [1.807, 2.05) is 20.8 Å². The highest BCUT2D eigenvalue weighted by molar-refractivity contribution is 5.68. The number of amides is 1. The standard InChI is InChI=1S/C25H46N6O2/c1-25(2,3)33-24(32)29-18-9-17(12-27-13-18)23-22-19-10-15(16-5-4-8-26-11-16)6-7-20(19)28-14-21(22)30-31-23/h15-23,26-28,30-31H,4-14H2,1-3H3,(H,29,32). The van der Waals surface area contributed by atoms with Crippen LogP contribution in [0.25, 0.3) is 0 Å². The Labute approximate surface area is 199 Å². The third-order valence-electron chi connectivity index (χ3n) is 8.96. The average Bonchev–Trinajstić information content (AvgIpc) is 3.23. The molecular formula is C25H46N6O2. The van der Waals surface area contributed by atoms with E-state index >= 15 is 0 Å². The first-order chi connectivity index (χ1) is 15.9. The summed E-state index contributed by atoms with van der Waals surface area (Å²) in [5, 5.41) is 14.3. The molecule has 6 N–H and O–H groups in total. The largest absolute Gasteiger partial charge is 0.444 e. The molecule has 0 spiro atoms. The Morgan fingerprint density at radius 2 is 1.73 bits per heavy atom. The number of hydrazine groups is 1. The maximum atomic E-state index is 12.4. The molecule has 4 aliphatic heterocycles. The van der Waals surface area contributed by atoms with Crippen LogP contribution in [0.15, 0.2) is 0 Å². The molecule has 9 unspecified atom stereocenters. The molecule has 0 aromatic heterocycles. The van der Waals surface area contributed by atoms with Crippen molar-refractivity contribution in [2.45, 2.75) is 89.1 Å². The van der Waals surface area contributed by atoms with Crippen molar-refractivity contribution in [1.82, 2.24) is 32.1 Å². The normalized spacial score (nSPS) is 43.9. The van der Waals surface area contributed by atoms with E-state index in [1.54, 1.807) is 0 Å². The smallest absolute Gasteiger partial charge is 0.407 e. The van der Waals surface area contributed by atoms with Gasteiger partial charge in [0, 0.05) is 37.3 Å². The quantitative estimate of drug-likeness (QED) is 0.377. The average molecular weight is 463 g/mol. The van der Waals surface area contributed by atoms with E-state index in [-0.39, 0.29) is 12.1 Å². The molecule has 1 amide bonds. The highest BCUT2D eigenvalue weighted by Gasteiger charge is 2.51. The van der Waals surface area contributed by atoms with Crippen LogP contribution in [0, 0.1) is 29.6 Å². The zero-order valence-electron chi connectivity index (χ0n) is 20.8. The first kappa shape index (κ1) is 23.8. The molecule has 9 atom stereocenters. The van der Waals surface area contributed by atoms with Crippen molar-refractivity contribution in [1.29, 1.82) is 0 Å². The fourth-order valence-corrected chi connectivity index (χ4v) is 7.57. The van der Waals surface area contributed by atoms with Crippen LogP contribution in [0.3, 0.4) is 0 Å². The summed E-state index contributed by atoms with van der Waals surface area (Å²) >= 11 is 0. The number of ether oxygens (including phenoxy) is 1. The lowest BCUT2D eigenvalue weighted by Gasteiger charge is -2.50. The fraction of sp³-hybridized carbons (Fsp3) is 0.960. The molecule has 4 heterocycles. The Balaban J connectivity index is 1.23. The molecule has 188 valence electrons. The third kappa shape index (κ3) is 5.50. The Bertz CT molecular complexity index is 678. The first-order valence-electron chi connectivity index (χ1n) is 13.5. The highest BCUT2D eigenvalue weighted by Crippen LogP contribution is 2.45. The minimum Gasteiger partial charge on any atom is -0.444 e. The van der Waals surface area contributed by atoms with E-state index < -0.39 is 5.60 Å². The molecule has 0 bridgehead atoms. The number of piperidine rings is 3. The van der Waals surface area contributed by atoms with Gasteiger partial charge in [-0.25, -0.2) is 4.79 Å². The van der Waals surface area contributed by atoms with Gasteiger partial charge in [0.25, 0.3) is 0 Å². The van der Waals surface area contributed by atoms with Gasteiger partial charge in [-0.05, 0) is 109 Å². The van der Waals surface area contributed by atoms with Crippen molar-refractivity contribution in [3.05, 3.63) is 0 Å². The van der Waals surface area contributed by atoms with Crippen LogP contribution in [0.5, 0.6) is 0 Å². The summed E-state index contributed by atoms with van der Waals surface area (Å²) in [4.78, 5) is 12.4. The Morgan fingerprint density at radius 3 is 2.52 bits per heavy atom. The van der Waals surface area contributed by atoms with Gasteiger partial charge in [0.05, 0.1) is 0 Å². The van der Waals surface area contributed by atoms with Crippen LogP contribution in [-0.2, 0) is 4.74 Å². The van der Waals surface area contributed by atoms with Crippen molar-refractivity contribution < 1.29 is 9.53 Å². The highest BCUT2D eigenvalue weighted by atomic mass is 16.6. The van der Waals surface area contributed by atoms with Crippen molar-refractivity contribution in [3.63, 3.8) is 0 Å². The van der Waals surface area contributed by atoms with Gasteiger partial charge < -0.3 is 26.0 Å². The Hall–Kier alpha value is -0.930. The molecule has 5 aliphatic rings. The zero-order valence-corrected chi connectivity index (χ0v) is 20.8. The van der Waals surface area contributed by atoms with Crippen LogP contribution >= 0.6 is 0 Å². The topological polar surface area (TPSA) is 98.5 Å². The number of hydrogen-bond donors (Lipinski definition) is 6. The molecule has 5 rings (SSSR count). The fourth-order valence-electron chi connectivity index (χ4n) is 7.57. The van der Waals surface area contributed by atoms with Crippen molar-refractivity contribution in [2.75, 3.05) is 32.7 Å². The van der Waals surface area contributed by atoms with Crippen molar-refractivity contribution >= 4 is 6.09 Å². The first-order valence-corrected chi connectivity index (χ1v) is 13.5. The molecule has 0 radical (unpaired) electrons. The molecule has 8 heteroatoms. The number of carbonyl (C=O) groups excluding carboxylic acids is 1. The number of hydrogen-bond acceptors (Lipinski definition) is 7. The summed E-state index contributed by atoms with van der Waals surface area (Å²) in [5.41, 5.74) is 6.91. The molecule has 1 saturated carbocycles. The van der Waals surface area contributed by atoms with Crippen molar-refractivity contribution in [2.24, 2.45) is 29.6 Å². The third-order valence-corrected chi connectivity index (χ3v) is 8.96. The second-order valence-electron chi connectivity index (χ2n) is 12.4. The molecule has 0 aromatic rings. The van der Waals surface area contributed by atoms with Gasteiger partial charge in [0.1, 0.15) is 5.60 Å². The molecule has 1 aliphatic carbocycles. The van der Waals surface area contributed by atoms with Crippen LogP contribution in [0.2, 0.25) is 0 Å². The number of alkyl carbamates (subject to hydrolysis) is 1. The van der Waals surface area contributed by atoms with Crippen LogP contribution < -0.4 is 32.1 Å². The Kier molecular flexibility index (Phi) is 7.19. The molecule has 8 nitrogen and oxygen atoms in total.